The van der Waals surface area contributed by atoms with Crippen LogP contribution in [0.2, 0.25) is 5.02 Å². The SMILES string of the molecule is O=C(NCc1ccccc1)c1c(N=Cc2ccc(-c3ccc(Cl)c([N+](=O)[O-])c3)o2)sc2c1CCCC2. The van der Waals surface area contributed by atoms with Gasteiger partial charge in [0.1, 0.15) is 21.5 Å². The first-order valence-electron chi connectivity index (χ1n) is 11.5. The third-order valence-electron chi connectivity index (χ3n) is 6.04. The smallest absolute Gasteiger partial charge is 0.288 e. The van der Waals surface area contributed by atoms with E-state index >= 15 is 0 Å². The van der Waals surface area contributed by atoms with E-state index in [-0.39, 0.29) is 16.6 Å². The largest absolute Gasteiger partial charge is 0.455 e. The van der Waals surface area contributed by atoms with Crippen molar-refractivity contribution in [2.24, 2.45) is 4.99 Å². The number of carbonyl (C=O) groups is 1. The van der Waals surface area contributed by atoms with Gasteiger partial charge in [-0.1, -0.05) is 41.9 Å². The number of nitrogens with zero attached hydrogens (tertiary/aromatic N) is 2. The molecule has 0 atom stereocenters. The summed E-state index contributed by atoms with van der Waals surface area (Å²) in [4.78, 5) is 29.7. The molecule has 0 aliphatic heterocycles. The summed E-state index contributed by atoms with van der Waals surface area (Å²) < 4.78 is 5.86. The normalized spacial score (nSPS) is 13.0. The van der Waals surface area contributed by atoms with E-state index in [2.05, 4.69) is 10.3 Å². The van der Waals surface area contributed by atoms with Crippen molar-refractivity contribution in [3.63, 3.8) is 0 Å². The first-order valence-corrected chi connectivity index (χ1v) is 12.7. The van der Waals surface area contributed by atoms with Crippen molar-refractivity contribution >= 4 is 45.7 Å². The van der Waals surface area contributed by atoms with Gasteiger partial charge >= 0.3 is 0 Å². The Morgan fingerprint density at radius 1 is 1.14 bits per heavy atom. The van der Waals surface area contributed by atoms with Crippen LogP contribution < -0.4 is 5.32 Å². The molecular formula is C27H22ClN3O4S. The number of hydrogen-bond acceptors (Lipinski definition) is 6. The van der Waals surface area contributed by atoms with Crippen LogP contribution in [0.1, 0.15) is 45.0 Å². The number of benzene rings is 2. The minimum atomic E-state index is -0.528. The topological polar surface area (TPSA) is 97.7 Å². The van der Waals surface area contributed by atoms with Crippen LogP contribution in [-0.4, -0.2) is 17.0 Å². The monoisotopic (exact) mass is 519 g/mol. The Morgan fingerprint density at radius 2 is 1.94 bits per heavy atom. The summed E-state index contributed by atoms with van der Waals surface area (Å²) in [6.07, 6.45) is 5.57. The van der Waals surface area contributed by atoms with Crippen LogP contribution in [-0.2, 0) is 19.4 Å². The summed E-state index contributed by atoms with van der Waals surface area (Å²) >= 11 is 7.47. The Morgan fingerprint density at radius 3 is 2.75 bits per heavy atom. The van der Waals surface area contributed by atoms with E-state index in [1.54, 1.807) is 35.8 Å². The predicted octanol–water partition coefficient (Wildman–Crippen LogP) is 7.13. The minimum Gasteiger partial charge on any atom is -0.455 e. The van der Waals surface area contributed by atoms with Crippen LogP contribution in [0.3, 0.4) is 0 Å². The number of halogens is 1. The molecule has 0 spiro atoms. The lowest BCUT2D eigenvalue weighted by Gasteiger charge is -2.12. The maximum atomic E-state index is 13.2. The highest BCUT2D eigenvalue weighted by atomic mass is 35.5. The van der Waals surface area contributed by atoms with Gasteiger partial charge in [-0.15, -0.1) is 11.3 Å². The van der Waals surface area contributed by atoms with Gasteiger partial charge in [0.2, 0.25) is 0 Å². The number of nitro groups is 1. The maximum Gasteiger partial charge on any atom is 0.288 e. The molecule has 0 saturated carbocycles. The van der Waals surface area contributed by atoms with Crippen LogP contribution in [0.5, 0.6) is 0 Å². The van der Waals surface area contributed by atoms with E-state index in [0.717, 1.165) is 36.8 Å². The highest BCUT2D eigenvalue weighted by Gasteiger charge is 2.25. The number of thiophene rings is 1. The zero-order chi connectivity index (χ0) is 25.1. The zero-order valence-electron chi connectivity index (χ0n) is 19.2. The molecule has 0 unspecified atom stereocenters. The van der Waals surface area contributed by atoms with Crippen LogP contribution in [0.4, 0.5) is 10.7 Å². The Kier molecular flexibility index (Phi) is 6.97. The number of rotatable bonds is 7. The van der Waals surface area contributed by atoms with Gasteiger partial charge in [-0.25, -0.2) is 4.99 Å². The first-order chi connectivity index (χ1) is 17.5. The summed E-state index contributed by atoms with van der Waals surface area (Å²) in [5.74, 6) is 0.811. The average molecular weight is 520 g/mol. The molecule has 1 amide bonds. The molecule has 182 valence electrons. The van der Waals surface area contributed by atoms with Crippen LogP contribution in [0, 0.1) is 10.1 Å². The summed E-state index contributed by atoms with van der Waals surface area (Å²) in [7, 11) is 0. The molecule has 7 nitrogen and oxygen atoms in total. The molecule has 4 aromatic rings. The summed E-state index contributed by atoms with van der Waals surface area (Å²) in [5.41, 5.74) is 3.12. The second-order valence-electron chi connectivity index (χ2n) is 8.44. The molecule has 2 aromatic carbocycles. The number of nitro benzene ring substituents is 1. The second kappa shape index (κ2) is 10.5. The van der Waals surface area contributed by atoms with Crippen molar-refractivity contribution < 1.29 is 14.1 Å². The molecule has 2 heterocycles. The molecule has 2 aromatic heterocycles. The Balaban J connectivity index is 1.39. The van der Waals surface area contributed by atoms with E-state index in [9.17, 15) is 14.9 Å². The van der Waals surface area contributed by atoms with Crippen LogP contribution in [0.25, 0.3) is 11.3 Å². The summed E-state index contributed by atoms with van der Waals surface area (Å²) in [6, 6.07) is 17.8. The molecule has 9 heteroatoms. The van der Waals surface area contributed by atoms with E-state index in [1.807, 2.05) is 30.3 Å². The number of aliphatic imine (C=N–C) groups is 1. The maximum absolute atomic E-state index is 13.2. The van der Waals surface area contributed by atoms with Gasteiger partial charge in [0.05, 0.1) is 16.7 Å². The number of amides is 1. The number of furan rings is 1. The van der Waals surface area contributed by atoms with E-state index < -0.39 is 4.92 Å². The van der Waals surface area contributed by atoms with Crippen molar-refractivity contribution in [1.29, 1.82) is 0 Å². The molecule has 0 radical (unpaired) electrons. The van der Waals surface area contributed by atoms with Gasteiger partial charge in [-0.05, 0) is 61.1 Å². The standard InChI is InChI=1S/C27H22ClN3O4S/c28-21-12-10-18(14-22(21)31(33)34)23-13-11-19(35-23)16-30-27-25(20-8-4-5-9-24(20)36-27)26(32)29-15-17-6-2-1-3-7-17/h1-3,6-7,10-14,16H,4-5,8-9,15H2,(H,29,32). The van der Waals surface area contributed by atoms with Crippen molar-refractivity contribution in [1.82, 2.24) is 5.32 Å². The minimum absolute atomic E-state index is 0.0665. The number of carbonyl (C=O) groups excluding carboxylic acids is 1. The molecule has 0 bridgehead atoms. The predicted molar refractivity (Wildman–Crippen MR) is 142 cm³/mol. The van der Waals surface area contributed by atoms with Crippen LogP contribution in [0.15, 0.2) is 70.1 Å². The average Bonchev–Trinajstić information content (AvgIpc) is 3.51. The third kappa shape index (κ3) is 5.10. The van der Waals surface area contributed by atoms with Gasteiger partial charge in [-0.3, -0.25) is 14.9 Å². The molecule has 1 aliphatic carbocycles. The third-order valence-corrected chi connectivity index (χ3v) is 7.56. The van der Waals surface area contributed by atoms with Gasteiger partial charge in [0.25, 0.3) is 11.6 Å². The highest BCUT2D eigenvalue weighted by molar-refractivity contribution is 7.16. The lowest BCUT2D eigenvalue weighted by molar-refractivity contribution is -0.384. The Hall–Kier alpha value is -3.75. The fraction of sp³-hybridized carbons (Fsp3) is 0.185. The fourth-order valence-electron chi connectivity index (χ4n) is 4.25. The van der Waals surface area contributed by atoms with Crippen molar-refractivity contribution in [2.45, 2.75) is 32.2 Å². The fourth-order valence-corrected chi connectivity index (χ4v) is 5.67. The lowest BCUT2D eigenvalue weighted by Crippen LogP contribution is -2.24. The number of fused-ring (bicyclic) bond motifs is 1. The van der Waals surface area contributed by atoms with Crippen molar-refractivity contribution in [2.75, 3.05) is 0 Å². The van der Waals surface area contributed by atoms with E-state index in [4.69, 9.17) is 16.0 Å². The molecule has 0 fully saturated rings. The van der Waals surface area contributed by atoms with E-state index in [1.165, 1.54) is 17.0 Å². The van der Waals surface area contributed by atoms with E-state index in [0.29, 0.717) is 34.2 Å². The van der Waals surface area contributed by atoms with Gasteiger partial charge < -0.3 is 9.73 Å². The Bertz CT molecular complexity index is 1460. The molecule has 5 rings (SSSR count). The van der Waals surface area contributed by atoms with Crippen LogP contribution >= 0.6 is 22.9 Å². The molecule has 1 aliphatic rings. The van der Waals surface area contributed by atoms with Gasteiger partial charge in [-0.2, -0.15) is 0 Å². The second-order valence-corrected chi connectivity index (χ2v) is 9.93. The molecule has 1 N–H and O–H groups in total. The molecule has 36 heavy (non-hydrogen) atoms. The van der Waals surface area contributed by atoms with Gasteiger partial charge in [0, 0.05) is 23.1 Å². The summed E-state index contributed by atoms with van der Waals surface area (Å²) in [6.45, 7) is 0.447. The highest BCUT2D eigenvalue weighted by Crippen LogP contribution is 2.40. The molecular weight excluding hydrogens is 498 g/mol. The quantitative estimate of drug-likeness (QED) is 0.159. The van der Waals surface area contributed by atoms with Gasteiger partial charge in [0.15, 0.2) is 0 Å². The number of hydrogen-bond donors (Lipinski definition) is 1. The number of nitrogens with one attached hydrogen (secondary N) is 1. The molecule has 0 saturated heterocycles. The van der Waals surface area contributed by atoms with Crippen molar-refractivity contribution in [3.8, 4) is 11.3 Å². The number of aryl methyl sites for hydroxylation is 1. The lowest BCUT2D eigenvalue weighted by atomic mass is 9.95. The Labute approximate surface area is 216 Å². The zero-order valence-corrected chi connectivity index (χ0v) is 20.8. The van der Waals surface area contributed by atoms with Crippen molar-refractivity contribution in [3.05, 3.63) is 103 Å². The summed E-state index contributed by atoms with van der Waals surface area (Å²) in [5, 5.41) is 15.0. The first kappa shape index (κ1) is 24.0.